The fourth-order valence-corrected chi connectivity index (χ4v) is 2.73. The SMILES string of the molecule is CCCCNC(=O)c1cc(Nc2ccc(N(CC)CC)cc2C)ncn1. The fourth-order valence-electron chi connectivity index (χ4n) is 2.73. The number of hydrogen-bond acceptors (Lipinski definition) is 5. The highest BCUT2D eigenvalue weighted by atomic mass is 16.1. The van der Waals surface area contributed by atoms with Crippen LogP contribution in [0, 0.1) is 6.92 Å². The number of carbonyl (C=O) groups excluding carboxylic acids is 1. The van der Waals surface area contributed by atoms with Gasteiger partial charge in [0.2, 0.25) is 0 Å². The standard InChI is InChI=1S/C20H29N5O/c1-5-8-11-21-20(26)18-13-19(23-14-22-18)24-17-10-9-16(12-15(17)4)25(6-2)7-3/h9-10,12-14H,5-8,11H2,1-4H3,(H,21,26)(H,22,23,24). The van der Waals surface area contributed by atoms with Crippen molar-refractivity contribution >= 4 is 23.1 Å². The predicted octanol–water partition coefficient (Wildman–Crippen LogP) is 3.90. The van der Waals surface area contributed by atoms with E-state index in [9.17, 15) is 4.79 Å². The highest BCUT2D eigenvalue weighted by molar-refractivity contribution is 5.93. The molecular formula is C20H29N5O. The van der Waals surface area contributed by atoms with Crippen molar-refractivity contribution in [2.45, 2.75) is 40.5 Å². The molecular weight excluding hydrogens is 326 g/mol. The van der Waals surface area contributed by atoms with Crippen molar-refractivity contribution in [2.75, 3.05) is 29.9 Å². The van der Waals surface area contributed by atoms with Crippen molar-refractivity contribution in [3.8, 4) is 0 Å². The van der Waals surface area contributed by atoms with Gasteiger partial charge < -0.3 is 15.5 Å². The third-order valence-electron chi connectivity index (χ3n) is 4.32. The molecule has 0 atom stereocenters. The van der Waals surface area contributed by atoms with E-state index >= 15 is 0 Å². The number of benzene rings is 1. The third kappa shape index (κ3) is 5.18. The first-order valence-corrected chi connectivity index (χ1v) is 9.31. The van der Waals surface area contributed by atoms with E-state index < -0.39 is 0 Å². The summed E-state index contributed by atoms with van der Waals surface area (Å²) in [5.74, 6) is 0.442. The average Bonchev–Trinajstić information content (AvgIpc) is 2.65. The zero-order valence-corrected chi connectivity index (χ0v) is 16.2. The molecule has 6 heteroatoms. The van der Waals surface area contributed by atoms with Crippen molar-refractivity contribution in [3.63, 3.8) is 0 Å². The van der Waals surface area contributed by atoms with Crippen LogP contribution < -0.4 is 15.5 Å². The number of rotatable bonds is 9. The molecule has 26 heavy (non-hydrogen) atoms. The minimum absolute atomic E-state index is 0.169. The molecule has 0 fully saturated rings. The molecule has 1 aromatic carbocycles. The number of nitrogens with one attached hydrogen (secondary N) is 2. The second kappa shape index (κ2) is 9.75. The summed E-state index contributed by atoms with van der Waals surface area (Å²) in [5, 5.41) is 6.16. The van der Waals surface area contributed by atoms with Crippen molar-refractivity contribution < 1.29 is 4.79 Å². The van der Waals surface area contributed by atoms with Gasteiger partial charge in [-0.15, -0.1) is 0 Å². The number of aromatic nitrogens is 2. The maximum Gasteiger partial charge on any atom is 0.270 e. The summed E-state index contributed by atoms with van der Waals surface area (Å²) in [7, 11) is 0. The molecule has 0 saturated heterocycles. The lowest BCUT2D eigenvalue weighted by molar-refractivity contribution is 0.0948. The Morgan fingerprint density at radius 1 is 1.12 bits per heavy atom. The molecule has 2 rings (SSSR count). The first-order valence-electron chi connectivity index (χ1n) is 9.31. The number of anilines is 3. The second-order valence-electron chi connectivity index (χ2n) is 6.19. The molecule has 1 amide bonds. The molecule has 2 aromatic rings. The first kappa shape index (κ1) is 19.7. The highest BCUT2D eigenvalue weighted by Gasteiger charge is 2.10. The quantitative estimate of drug-likeness (QED) is 0.668. The Hall–Kier alpha value is -2.63. The topological polar surface area (TPSA) is 70.2 Å². The van der Waals surface area contributed by atoms with Gasteiger partial charge in [-0.1, -0.05) is 13.3 Å². The maximum atomic E-state index is 12.1. The van der Waals surface area contributed by atoms with E-state index in [4.69, 9.17) is 0 Å². The lowest BCUT2D eigenvalue weighted by Gasteiger charge is -2.22. The van der Waals surface area contributed by atoms with Crippen molar-refractivity contribution in [1.29, 1.82) is 0 Å². The Bertz CT molecular complexity index is 728. The van der Waals surface area contributed by atoms with Gasteiger partial charge in [0.25, 0.3) is 5.91 Å². The van der Waals surface area contributed by atoms with Gasteiger partial charge in [-0.2, -0.15) is 0 Å². The number of aryl methyl sites for hydroxylation is 1. The van der Waals surface area contributed by atoms with Gasteiger partial charge in [-0.05, 0) is 51.0 Å². The number of hydrogen-bond donors (Lipinski definition) is 2. The normalized spacial score (nSPS) is 10.5. The van der Waals surface area contributed by atoms with Crippen LogP contribution in [0.15, 0.2) is 30.6 Å². The second-order valence-corrected chi connectivity index (χ2v) is 6.19. The minimum atomic E-state index is -0.169. The van der Waals surface area contributed by atoms with Crippen molar-refractivity contribution in [2.24, 2.45) is 0 Å². The molecule has 0 saturated carbocycles. The van der Waals surface area contributed by atoms with Gasteiger partial charge in [0.1, 0.15) is 17.8 Å². The monoisotopic (exact) mass is 355 g/mol. The van der Waals surface area contributed by atoms with Gasteiger partial charge in [0, 0.05) is 37.1 Å². The average molecular weight is 355 g/mol. The van der Waals surface area contributed by atoms with Crippen LogP contribution in [0.4, 0.5) is 17.2 Å². The molecule has 0 radical (unpaired) electrons. The van der Waals surface area contributed by atoms with Crippen LogP contribution in [0.5, 0.6) is 0 Å². The maximum absolute atomic E-state index is 12.1. The van der Waals surface area contributed by atoms with Crippen molar-refractivity contribution in [1.82, 2.24) is 15.3 Å². The Morgan fingerprint density at radius 3 is 2.54 bits per heavy atom. The summed E-state index contributed by atoms with van der Waals surface area (Å²) in [6.07, 6.45) is 3.41. The molecule has 1 heterocycles. The van der Waals surface area contributed by atoms with Gasteiger partial charge in [0.05, 0.1) is 0 Å². The van der Waals surface area contributed by atoms with Crippen LogP contribution in [-0.4, -0.2) is 35.5 Å². The first-order chi connectivity index (χ1) is 12.6. The lowest BCUT2D eigenvalue weighted by atomic mass is 10.1. The largest absolute Gasteiger partial charge is 0.372 e. The van der Waals surface area contributed by atoms with Crippen LogP contribution in [0.2, 0.25) is 0 Å². The molecule has 1 aromatic heterocycles. The molecule has 140 valence electrons. The Labute approximate surface area is 156 Å². The van der Waals surface area contributed by atoms with E-state index in [0.717, 1.165) is 37.2 Å². The molecule has 6 nitrogen and oxygen atoms in total. The smallest absolute Gasteiger partial charge is 0.270 e. The summed E-state index contributed by atoms with van der Waals surface area (Å²) in [4.78, 5) is 22.8. The summed E-state index contributed by atoms with van der Waals surface area (Å²) < 4.78 is 0. The Balaban J connectivity index is 2.11. The summed E-state index contributed by atoms with van der Waals surface area (Å²) >= 11 is 0. The number of amides is 1. The van der Waals surface area contributed by atoms with Gasteiger partial charge >= 0.3 is 0 Å². The molecule has 0 aliphatic carbocycles. The van der Waals surface area contributed by atoms with Gasteiger partial charge in [-0.25, -0.2) is 9.97 Å². The van der Waals surface area contributed by atoms with E-state index in [1.165, 1.54) is 12.0 Å². The summed E-state index contributed by atoms with van der Waals surface area (Å²) in [6.45, 7) is 11.1. The molecule has 0 aliphatic heterocycles. The highest BCUT2D eigenvalue weighted by Crippen LogP contribution is 2.25. The van der Waals surface area contributed by atoms with Crippen LogP contribution >= 0.6 is 0 Å². The predicted molar refractivity (Wildman–Crippen MR) is 107 cm³/mol. The van der Waals surface area contributed by atoms with E-state index in [-0.39, 0.29) is 5.91 Å². The molecule has 0 unspecified atom stereocenters. The summed E-state index contributed by atoms with van der Waals surface area (Å²) in [6, 6.07) is 7.99. The molecule has 2 N–H and O–H groups in total. The third-order valence-corrected chi connectivity index (χ3v) is 4.32. The van der Waals surface area contributed by atoms with E-state index in [1.54, 1.807) is 6.07 Å². The summed E-state index contributed by atoms with van der Waals surface area (Å²) in [5.41, 5.74) is 3.67. The van der Waals surface area contributed by atoms with Crippen LogP contribution in [0.25, 0.3) is 0 Å². The molecule has 0 spiro atoms. The van der Waals surface area contributed by atoms with Crippen LogP contribution in [0.3, 0.4) is 0 Å². The van der Waals surface area contributed by atoms with Gasteiger partial charge in [0.15, 0.2) is 0 Å². The molecule has 0 aliphatic rings. The van der Waals surface area contributed by atoms with Crippen LogP contribution in [-0.2, 0) is 0 Å². The zero-order valence-electron chi connectivity index (χ0n) is 16.2. The minimum Gasteiger partial charge on any atom is -0.372 e. The van der Waals surface area contributed by atoms with Gasteiger partial charge in [-0.3, -0.25) is 4.79 Å². The van der Waals surface area contributed by atoms with Crippen molar-refractivity contribution in [3.05, 3.63) is 41.9 Å². The zero-order chi connectivity index (χ0) is 18.9. The number of carbonyl (C=O) groups is 1. The Morgan fingerprint density at radius 2 is 1.88 bits per heavy atom. The Kier molecular flexibility index (Phi) is 7.38. The van der Waals surface area contributed by atoms with Crippen LogP contribution in [0.1, 0.15) is 49.7 Å². The van der Waals surface area contributed by atoms with E-state index in [0.29, 0.717) is 18.1 Å². The lowest BCUT2D eigenvalue weighted by Crippen LogP contribution is -2.25. The number of nitrogens with zero attached hydrogens (tertiary/aromatic N) is 3. The number of unbranched alkanes of at least 4 members (excludes halogenated alkanes) is 1. The van der Waals surface area contributed by atoms with E-state index in [1.807, 2.05) is 6.07 Å². The van der Waals surface area contributed by atoms with E-state index in [2.05, 4.69) is 65.3 Å². The molecule has 0 bridgehead atoms. The fraction of sp³-hybridized carbons (Fsp3) is 0.450.